The smallest absolute Gasteiger partial charge is 0.303 e. The molecule has 4 heteroatoms. The van der Waals surface area contributed by atoms with Gasteiger partial charge < -0.3 is 14.6 Å². The van der Waals surface area contributed by atoms with Crippen LogP contribution in [-0.2, 0) is 14.3 Å². The van der Waals surface area contributed by atoms with Gasteiger partial charge in [-0.15, -0.1) is 0 Å². The highest BCUT2D eigenvalue weighted by atomic mass is 16.5. The number of carboxylic acids is 1. The van der Waals surface area contributed by atoms with E-state index < -0.39 is 5.97 Å². The van der Waals surface area contributed by atoms with Gasteiger partial charge in [0.2, 0.25) is 0 Å². The van der Waals surface area contributed by atoms with Gasteiger partial charge in [-0.1, -0.05) is 0 Å². The molecule has 0 radical (unpaired) electrons. The number of aliphatic carboxylic acids is 1. The van der Waals surface area contributed by atoms with Crippen molar-refractivity contribution in [1.82, 2.24) is 0 Å². The molecule has 0 spiro atoms. The van der Waals surface area contributed by atoms with Crippen LogP contribution < -0.4 is 0 Å². The predicted octanol–water partition coefficient (Wildman–Crippen LogP) is 1.29. The van der Waals surface area contributed by atoms with Crippen LogP contribution in [0, 0.1) is 11.8 Å². The normalized spacial score (nSPS) is 40.9. The van der Waals surface area contributed by atoms with Gasteiger partial charge in [0.1, 0.15) is 0 Å². The second-order valence-corrected chi connectivity index (χ2v) is 4.61. The Kier molecular flexibility index (Phi) is 3.26. The van der Waals surface area contributed by atoms with Crippen LogP contribution in [-0.4, -0.2) is 36.5 Å². The highest BCUT2D eigenvalue weighted by molar-refractivity contribution is 5.67. The number of hydrogen-bond donors (Lipinski definition) is 1. The third kappa shape index (κ3) is 2.49. The minimum absolute atomic E-state index is 0.189. The number of rotatable bonds is 2. The van der Waals surface area contributed by atoms with Gasteiger partial charge in [-0.25, -0.2) is 0 Å². The van der Waals surface area contributed by atoms with Crippen LogP contribution in [0.3, 0.4) is 0 Å². The standard InChI is InChI=1S/C11H18O4/c1-7-4-8(5-11(12)13)9-6-14-3-2-10(9)15-7/h7-10H,2-6H2,1H3,(H,12,13). The Bertz CT molecular complexity index is 241. The predicted molar refractivity (Wildman–Crippen MR) is 53.6 cm³/mol. The van der Waals surface area contributed by atoms with Crippen molar-refractivity contribution in [3.05, 3.63) is 0 Å². The Balaban J connectivity index is 2.03. The van der Waals surface area contributed by atoms with Crippen LogP contribution in [0.1, 0.15) is 26.2 Å². The molecule has 4 unspecified atom stereocenters. The van der Waals surface area contributed by atoms with E-state index in [2.05, 4.69) is 0 Å². The Hall–Kier alpha value is -0.610. The maximum Gasteiger partial charge on any atom is 0.303 e. The van der Waals surface area contributed by atoms with Gasteiger partial charge in [-0.3, -0.25) is 4.79 Å². The molecule has 0 aromatic rings. The molecule has 2 saturated heterocycles. The van der Waals surface area contributed by atoms with Gasteiger partial charge in [0, 0.05) is 18.9 Å². The molecule has 2 aliphatic rings. The van der Waals surface area contributed by atoms with Crippen LogP contribution in [0.25, 0.3) is 0 Å². The van der Waals surface area contributed by atoms with E-state index >= 15 is 0 Å². The molecule has 2 heterocycles. The molecule has 0 bridgehead atoms. The zero-order valence-electron chi connectivity index (χ0n) is 9.02. The lowest BCUT2D eigenvalue weighted by atomic mass is 9.78. The van der Waals surface area contributed by atoms with Gasteiger partial charge in [0.05, 0.1) is 18.8 Å². The van der Waals surface area contributed by atoms with Crippen LogP contribution in [0.15, 0.2) is 0 Å². The van der Waals surface area contributed by atoms with E-state index in [0.29, 0.717) is 6.61 Å². The molecule has 2 rings (SSSR count). The topological polar surface area (TPSA) is 55.8 Å². The molecule has 86 valence electrons. The fraction of sp³-hybridized carbons (Fsp3) is 0.909. The summed E-state index contributed by atoms with van der Waals surface area (Å²) in [6.07, 6.45) is 2.40. The van der Waals surface area contributed by atoms with Crippen LogP contribution >= 0.6 is 0 Å². The van der Waals surface area contributed by atoms with Crippen LogP contribution in [0.4, 0.5) is 0 Å². The van der Waals surface area contributed by atoms with E-state index in [1.165, 1.54) is 0 Å². The minimum Gasteiger partial charge on any atom is -0.481 e. The average Bonchev–Trinajstić information content (AvgIpc) is 2.16. The van der Waals surface area contributed by atoms with E-state index in [-0.39, 0.29) is 30.5 Å². The molecule has 0 saturated carbocycles. The van der Waals surface area contributed by atoms with Gasteiger partial charge in [-0.05, 0) is 25.7 Å². The Morgan fingerprint density at radius 1 is 1.53 bits per heavy atom. The monoisotopic (exact) mass is 214 g/mol. The zero-order chi connectivity index (χ0) is 10.8. The third-order valence-electron chi connectivity index (χ3n) is 3.42. The van der Waals surface area contributed by atoms with Crippen molar-refractivity contribution in [3.8, 4) is 0 Å². The SMILES string of the molecule is CC1CC(CC(=O)O)C2COCCC2O1. The number of hydrogen-bond acceptors (Lipinski definition) is 3. The zero-order valence-corrected chi connectivity index (χ0v) is 9.02. The van der Waals surface area contributed by atoms with Gasteiger partial charge >= 0.3 is 5.97 Å². The lowest BCUT2D eigenvalue weighted by Gasteiger charge is -2.43. The van der Waals surface area contributed by atoms with E-state index in [0.717, 1.165) is 19.4 Å². The number of carbonyl (C=O) groups is 1. The first-order valence-electron chi connectivity index (χ1n) is 5.62. The molecule has 0 aromatic carbocycles. The van der Waals surface area contributed by atoms with E-state index in [1.807, 2.05) is 6.92 Å². The molecule has 1 N–H and O–H groups in total. The first-order valence-corrected chi connectivity index (χ1v) is 5.62. The average molecular weight is 214 g/mol. The summed E-state index contributed by atoms with van der Waals surface area (Å²) in [7, 11) is 0. The molecule has 2 fully saturated rings. The summed E-state index contributed by atoms with van der Waals surface area (Å²) >= 11 is 0. The van der Waals surface area contributed by atoms with Gasteiger partial charge in [-0.2, -0.15) is 0 Å². The summed E-state index contributed by atoms with van der Waals surface area (Å²) in [5.74, 6) is -0.207. The molecule has 0 aromatic heterocycles. The van der Waals surface area contributed by atoms with Crippen molar-refractivity contribution in [2.75, 3.05) is 13.2 Å². The molecular weight excluding hydrogens is 196 g/mol. The van der Waals surface area contributed by atoms with Gasteiger partial charge in [0.15, 0.2) is 0 Å². The van der Waals surface area contributed by atoms with Crippen molar-refractivity contribution in [1.29, 1.82) is 0 Å². The summed E-state index contributed by atoms with van der Waals surface area (Å²) in [6.45, 7) is 3.43. The molecule has 4 nitrogen and oxygen atoms in total. The first kappa shape index (κ1) is 10.9. The molecular formula is C11H18O4. The van der Waals surface area contributed by atoms with Crippen molar-refractivity contribution in [2.24, 2.45) is 11.8 Å². The Morgan fingerprint density at radius 2 is 2.33 bits per heavy atom. The second kappa shape index (κ2) is 4.49. The third-order valence-corrected chi connectivity index (χ3v) is 3.42. The summed E-state index contributed by atoms with van der Waals surface area (Å²) in [5, 5.41) is 8.86. The largest absolute Gasteiger partial charge is 0.481 e. The summed E-state index contributed by atoms with van der Waals surface area (Å²) in [4.78, 5) is 10.8. The van der Waals surface area contributed by atoms with E-state index in [4.69, 9.17) is 14.6 Å². The quantitative estimate of drug-likeness (QED) is 0.752. The van der Waals surface area contributed by atoms with Crippen LogP contribution in [0.5, 0.6) is 0 Å². The highest BCUT2D eigenvalue weighted by Crippen LogP contribution is 2.36. The van der Waals surface area contributed by atoms with Crippen LogP contribution in [0.2, 0.25) is 0 Å². The molecule has 0 amide bonds. The summed E-state index contributed by atoms with van der Waals surface area (Å²) in [6, 6.07) is 0. The fourth-order valence-corrected chi connectivity index (χ4v) is 2.76. The van der Waals surface area contributed by atoms with Crippen molar-refractivity contribution < 1.29 is 19.4 Å². The number of ether oxygens (including phenoxy) is 2. The van der Waals surface area contributed by atoms with Crippen molar-refractivity contribution in [3.63, 3.8) is 0 Å². The first-order chi connectivity index (χ1) is 7.16. The fourth-order valence-electron chi connectivity index (χ4n) is 2.76. The highest BCUT2D eigenvalue weighted by Gasteiger charge is 2.39. The Labute approximate surface area is 89.6 Å². The Morgan fingerprint density at radius 3 is 3.07 bits per heavy atom. The maximum absolute atomic E-state index is 10.8. The number of carboxylic acid groups (broad SMARTS) is 1. The van der Waals surface area contributed by atoms with Crippen molar-refractivity contribution in [2.45, 2.75) is 38.4 Å². The lowest BCUT2D eigenvalue weighted by Crippen LogP contribution is -2.46. The lowest BCUT2D eigenvalue weighted by molar-refractivity contribution is -0.163. The maximum atomic E-state index is 10.8. The second-order valence-electron chi connectivity index (χ2n) is 4.61. The van der Waals surface area contributed by atoms with Gasteiger partial charge in [0.25, 0.3) is 0 Å². The molecule has 2 aliphatic heterocycles. The molecule has 0 aliphatic carbocycles. The van der Waals surface area contributed by atoms with Crippen molar-refractivity contribution >= 4 is 5.97 Å². The molecule has 15 heavy (non-hydrogen) atoms. The van der Waals surface area contributed by atoms with E-state index in [1.54, 1.807) is 0 Å². The summed E-state index contributed by atoms with van der Waals surface area (Å²) < 4.78 is 11.2. The van der Waals surface area contributed by atoms with E-state index in [9.17, 15) is 4.79 Å². The summed E-state index contributed by atoms with van der Waals surface area (Å²) in [5.41, 5.74) is 0. The number of fused-ring (bicyclic) bond motifs is 1. The minimum atomic E-state index is -0.710. The molecule has 4 atom stereocenters.